The lowest BCUT2D eigenvalue weighted by atomic mass is 10.0. The summed E-state index contributed by atoms with van der Waals surface area (Å²) in [7, 11) is 1.66. The Labute approximate surface area is 121 Å². The molecule has 1 aromatic carbocycles. The van der Waals surface area contributed by atoms with Crippen LogP contribution in [0.5, 0.6) is 5.75 Å². The van der Waals surface area contributed by atoms with E-state index in [1.807, 2.05) is 37.3 Å². The lowest BCUT2D eigenvalue weighted by Crippen LogP contribution is -2.16. The highest BCUT2D eigenvalue weighted by Crippen LogP contribution is 2.27. The first kappa shape index (κ1) is 14.0. The smallest absolute Gasteiger partial charge is 0.133 e. The molecule has 0 bridgehead atoms. The number of nitrogens with two attached hydrogens (primary N) is 1. The molecule has 0 aliphatic heterocycles. The molecule has 2 N–H and O–H groups in total. The van der Waals surface area contributed by atoms with Crippen molar-refractivity contribution in [2.45, 2.75) is 19.4 Å². The highest BCUT2D eigenvalue weighted by molar-refractivity contribution is 9.10. The van der Waals surface area contributed by atoms with Gasteiger partial charge in [0, 0.05) is 6.20 Å². The molecule has 0 fully saturated rings. The van der Waals surface area contributed by atoms with Gasteiger partial charge in [-0.3, -0.25) is 4.98 Å². The van der Waals surface area contributed by atoms with Crippen molar-refractivity contribution in [2.75, 3.05) is 7.11 Å². The average Bonchev–Trinajstić information content (AvgIpc) is 2.39. The van der Waals surface area contributed by atoms with E-state index in [0.29, 0.717) is 0 Å². The summed E-state index contributed by atoms with van der Waals surface area (Å²) < 4.78 is 6.16. The summed E-state index contributed by atoms with van der Waals surface area (Å²) in [5, 5.41) is 0. The molecule has 3 nitrogen and oxygen atoms in total. The summed E-state index contributed by atoms with van der Waals surface area (Å²) in [6.07, 6.45) is 2.53. The number of hydrogen-bond donors (Lipinski definition) is 1. The maximum Gasteiger partial charge on any atom is 0.133 e. The van der Waals surface area contributed by atoms with Crippen LogP contribution in [-0.2, 0) is 6.42 Å². The summed E-state index contributed by atoms with van der Waals surface area (Å²) in [5.41, 5.74) is 9.48. The molecule has 1 heterocycles. The van der Waals surface area contributed by atoms with Crippen LogP contribution in [0.4, 0.5) is 0 Å². The number of benzene rings is 1. The molecule has 2 aromatic rings. The van der Waals surface area contributed by atoms with Crippen molar-refractivity contribution in [3.8, 4) is 5.75 Å². The largest absolute Gasteiger partial charge is 0.496 e. The molecular formula is C15H17BrN2O. The topological polar surface area (TPSA) is 48.1 Å². The first-order valence-electron chi connectivity index (χ1n) is 6.11. The van der Waals surface area contributed by atoms with Crippen molar-refractivity contribution >= 4 is 15.9 Å². The van der Waals surface area contributed by atoms with E-state index in [-0.39, 0.29) is 6.04 Å². The zero-order valence-corrected chi connectivity index (χ0v) is 12.6. The van der Waals surface area contributed by atoms with Crippen molar-refractivity contribution in [2.24, 2.45) is 5.73 Å². The quantitative estimate of drug-likeness (QED) is 0.939. The molecule has 2 rings (SSSR count). The first-order chi connectivity index (χ1) is 9.11. The minimum atomic E-state index is -0.0958. The van der Waals surface area contributed by atoms with Gasteiger partial charge in [-0.25, -0.2) is 0 Å². The average molecular weight is 321 g/mol. The lowest BCUT2D eigenvalue weighted by Gasteiger charge is -2.14. The monoisotopic (exact) mass is 320 g/mol. The molecule has 1 unspecified atom stereocenters. The zero-order chi connectivity index (χ0) is 13.8. The van der Waals surface area contributed by atoms with Crippen LogP contribution < -0.4 is 10.5 Å². The molecule has 0 aliphatic carbocycles. The van der Waals surface area contributed by atoms with Gasteiger partial charge in [0.15, 0.2) is 0 Å². The predicted molar refractivity (Wildman–Crippen MR) is 80.3 cm³/mol. The molecule has 0 saturated heterocycles. The Kier molecular flexibility index (Phi) is 4.56. The van der Waals surface area contributed by atoms with Crippen LogP contribution >= 0.6 is 15.9 Å². The van der Waals surface area contributed by atoms with Crippen molar-refractivity contribution in [1.29, 1.82) is 0 Å². The first-order valence-corrected chi connectivity index (χ1v) is 6.90. The minimum Gasteiger partial charge on any atom is -0.496 e. The summed E-state index contributed by atoms with van der Waals surface area (Å²) >= 11 is 3.49. The van der Waals surface area contributed by atoms with E-state index >= 15 is 0 Å². The van der Waals surface area contributed by atoms with Gasteiger partial charge in [-0.05, 0) is 58.6 Å². The number of rotatable bonds is 4. The van der Waals surface area contributed by atoms with E-state index in [1.54, 1.807) is 13.3 Å². The fraction of sp³-hybridized carbons (Fsp3) is 0.267. The number of ether oxygens (including phenoxy) is 1. The van der Waals surface area contributed by atoms with E-state index in [4.69, 9.17) is 10.5 Å². The van der Waals surface area contributed by atoms with Crippen LogP contribution in [0.25, 0.3) is 0 Å². The van der Waals surface area contributed by atoms with Crippen LogP contribution in [0, 0.1) is 6.92 Å². The van der Waals surface area contributed by atoms with Crippen molar-refractivity contribution in [3.63, 3.8) is 0 Å². The van der Waals surface area contributed by atoms with Crippen molar-refractivity contribution < 1.29 is 4.74 Å². The third-order valence-electron chi connectivity index (χ3n) is 3.07. The van der Waals surface area contributed by atoms with Crippen molar-refractivity contribution in [3.05, 3.63) is 57.8 Å². The second kappa shape index (κ2) is 6.17. The van der Waals surface area contributed by atoms with Gasteiger partial charge in [0.05, 0.1) is 23.3 Å². The third-order valence-corrected chi connectivity index (χ3v) is 3.69. The molecular weight excluding hydrogens is 304 g/mol. The summed E-state index contributed by atoms with van der Waals surface area (Å²) in [6, 6.07) is 9.87. The molecule has 1 aromatic heterocycles. The summed E-state index contributed by atoms with van der Waals surface area (Å²) in [6.45, 7) is 2.03. The molecule has 0 radical (unpaired) electrons. The molecule has 4 heteroatoms. The molecule has 0 aliphatic rings. The maximum absolute atomic E-state index is 6.24. The van der Waals surface area contributed by atoms with Crippen LogP contribution in [-0.4, -0.2) is 12.1 Å². The Hall–Kier alpha value is -1.39. The summed E-state index contributed by atoms with van der Waals surface area (Å²) in [4.78, 5) is 4.37. The normalized spacial score (nSPS) is 12.2. The molecule has 1 atom stereocenters. The Morgan fingerprint density at radius 2 is 2.16 bits per heavy atom. The van der Waals surface area contributed by atoms with Gasteiger partial charge in [0.1, 0.15) is 5.75 Å². The standard InChI is InChI=1S/C15H17BrN2O/c1-10-4-3-7-18-15(10)13(17)9-11-5-6-14(19-2)12(16)8-11/h3-8,13H,9,17H2,1-2H3. The van der Waals surface area contributed by atoms with E-state index in [0.717, 1.165) is 33.5 Å². The number of methoxy groups -OCH3 is 1. The van der Waals surface area contributed by atoms with E-state index in [2.05, 4.69) is 20.9 Å². The Morgan fingerprint density at radius 3 is 2.79 bits per heavy atom. The van der Waals surface area contributed by atoms with Gasteiger partial charge >= 0.3 is 0 Å². The van der Waals surface area contributed by atoms with Gasteiger partial charge in [-0.2, -0.15) is 0 Å². The number of aromatic nitrogens is 1. The summed E-state index contributed by atoms with van der Waals surface area (Å²) in [5.74, 6) is 0.825. The van der Waals surface area contributed by atoms with Gasteiger partial charge in [0.25, 0.3) is 0 Å². The SMILES string of the molecule is COc1ccc(CC(N)c2ncccc2C)cc1Br. The van der Waals surface area contributed by atoms with Crippen molar-refractivity contribution in [1.82, 2.24) is 4.98 Å². The van der Waals surface area contributed by atoms with E-state index < -0.39 is 0 Å². The molecule has 0 amide bonds. The van der Waals surface area contributed by atoms with Gasteiger partial charge < -0.3 is 10.5 Å². The van der Waals surface area contributed by atoms with Crippen LogP contribution in [0.15, 0.2) is 41.0 Å². The van der Waals surface area contributed by atoms with Crippen LogP contribution in [0.3, 0.4) is 0 Å². The Bertz CT molecular complexity index is 572. The fourth-order valence-electron chi connectivity index (χ4n) is 2.07. The second-order valence-electron chi connectivity index (χ2n) is 4.49. The third kappa shape index (κ3) is 3.33. The number of hydrogen-bond acceptors (Lipinski definition) is 3. The number of nitrogens with zero attached hydrogens (tertiary/aromatic N) is 1. The Morgan fingerprint density at radius 1 is 1.37 bits per heavy atom. The van der Waals surface area contributed by atoms with Gasteiger partial charge in [0.2, 0.25) is 0 Å². The fourth-order valence-corrected chi connectivity index (χ4v) is 2.66. The predicted octanol–water partition coefficient (Wildman–Crippen LogP) is 3.40. The number of halogens is 1. The molecule has 0 saturated carbocycles. The number of pyridine rings is 1. The molecule has 0 spiro atoms. The zero-order valence-electron chi connectivity index (χ0n) is 11.1. The second-order valence-corrected chi connectivity index (χ2v) is 5.34. The number of aryl methyl sites for hydroxylation is 1. The minimum absolute atomic E-state index is 0.0958. The van der Waals surface area contributed by atoms with Crippen LogP contribution in [0.2, 0.25) is 0 Å². The lowest BCUT2D eigenvalue weighted by molar-refractivity contribution is 0.412. The maximum atomic E-state index is 6.24. The highest BCUT2D eigenvalue weighted by Gasteiger charge is 2.12. The molecule has 19 heavy (non-hydrogen) atoms. The van der Waals surface area contributed by atoms with E-state index in [9.17, 15) is 0 Å². The molecule has 100 valence electrons. The highest BCUT2D eigenvalue weighted by atomic mass is 79.9. The van der Waals surface area contributed by atoms with Gasteiger partial charge in [-0.1, -0.05) is 12.1 Å². The van der Waals surface area contributed by atoms with Gasteiger partial charge in [-0.15, -0.1) is 0 Å². The van der Waals surface area contributed by atoms with E-state index in [1.165, 1.54) is 0 Å². The van der Waals surface area contributed by atoms with Crippen LogP contribution in [0.1, 0.15) is 22.9 Å². The Balaban J connectivity index is 2.17.